The van der Waals surface area contributed by atoms with E-state index in [0.717, 1.165) is 31.0 Å². The molecule has 0 aliphatic carbocycles. The van der Waals surface area contributed by atoms with E-state index in [9.17, 15) is 24.5 Å². The van der Waals surface area contributed by atoms with Crippen LogP contribution in [0.25, 0.3) is 0 Å². The SMILES string of the molecule is CCOC(=O)N1CCN(CCCOc2ccc3c(c2)C(=O)N(CCO[N+](=O)[O-])C3=O)CC1. The van der Waals surface area contributed by atoms with E-state index in [-0.39, 0.29) is 30.4 Å². The number of fused-ring (bicyclic) bond motifs is 1. The highest BCUT2D eigenvalue weighted by molar-refractivity contribution is 6.21. The molecule has 2 aliphatic rings. The van der Waals surface area contributed by atoms with Crippen LogP contribution in [-0.2, 0) is 9.57 Å². The van der Waals surface area contributed by atoms with Gasteiger partial charge in [0.2, 0.25) is 0 Å². The van der Waals surface area contributed by atoms with Gasteiger partial charge < -0.3 is 19.2 Å². The molecule has 1 aromatic rings. The molecule has 3 rings (SSSR count). The van der Waals surface area contributed by atoms with Gasteiger partial charge in [-0.15, -0.1) is 10.1 Å². The van der Waals surface area contributed by atoms with Gasteiger partial charge >= 0.3 is 6.09 Å². The van der Waals surface area contributed by atoms with E-state index >= 15 is 0 Å². The summed E-state index contributed by atoms with van der Waals surface area (Å²) in [7, 11) is 0. The molecule has 2 aliphatic heterocycles. The molecule has 2 heterocycles. The van der Waals surface area contributed by atoms with Crippen LogP contribution in [0.3, 0.4) is 0 Å². The highest BCUT2D eigenvalue weighted by Gasteiger charge is 2.35. The summed E-state index contributed by atoms with van der Waals surface area (Å²) >= 11 is 0. The third kappa shape index (κ3) is 5.63. The average Bonchev–Trinajstić information content (AvgIpc) is 3.01. The normalized spacial score (nSPS) is 16.2. The van der Waals surface area contributed by atoms with E-state index in [2.05, 4.69) is 9.74 Å². The van der Waals surface area contributed by atoms with Gasteiger partial charge in [0.15, 0.2) is 0 Å². The molecule has 0 radical (unpaired) electrons. The van der Waals surface area contributed by atoms with Crippen LogP contribution in [0.4, 0.5) is 4.79 Å². The van der Waals surface area contributed by atoms with Crippen molar-refractivity contribution >= 4 is 17.9 Å². The quantitative estimate of drug-likeness (QED) is 0.222. The minimum Gasteiger partial charge on any atom is -0.494 e. The number of hydrogen-bond acceptors (Lipinski definition) is 9. The fourth-order valence-corrected chi connectivity index (χ4v) is 3.62. The molecule has 0 unspecified atom stereocenters. The number of piperazine rings is 1. The molecule has 0 bridgehead atoms. The lowest BCUT2D eigenvalue weighted by Gasteiger charge is -2.33. The van der Waals surface area contributed by atoms with Gasteiger partial charge in [0.25, 0.3) is 16.9 Å². The topological polar surface area (TPSA) is 132 Å². The van der Waals surface area contributed by atoms with Gasteiger partial charge in [-0.3, -0.25) is 19.4 Å². The van der Waals surface area contributed by atoms with E-state index in [1.807, 2.05) is 0 Å². The van der Waals surface area contributed by atoms with Crippen molar-refractivity contribution in [2.24, 2.45) is 0 Å². The summed E-state index contributed by atoms with van der Waals surface area (Å²) in [4.78, 5) is 55.8. The zero-order chi connectivity index (χ0) is 23.1. The van der Waals surface area contributed by atoms with Crippen LogP contribution in [0, 0.1) is 10.1 Å². The number of hydrogen-bond donors (Lipinski definition) is 0. The Kier molecular flexibility index (Phi) is 7.82. The van der Waals surface area contributed by atoms with Gasteiger partial charge in [-0.1, -0.05) is 0 Å². The maximum Gasteiger partial charge on any atom is 0.409 e. The lowest BCUT2D eigenvalue weighted by molar-refractivity contribution is -0.757. The first-order valence-electron chi connectivity index (χ1n) is 10.4. The molecule has 174 valence electrons. The molecule has 0 N–H and O–H groups in total. The summed E-state index contributed by atoms with van der Waals surface area (Å²) in [6.07, 6.45) is 0.484. The smallest absolute Gasteiger partial charge is 0.409 e. The Hall–Kier alpha value is -3.41. The number of rotatable bonds is 10. The number of ether oxygens (including phenoxy) is 2. The Labute approximate surface area is 184 Å². The van der Waals surface area contributed by atoms with E-state index in [4.69, 9.17) is 9.47 Å². The summed E-state index contributed by atoms with van der Waals surface area (Å²) in [5.41, 5.74) is 0.451. The monoisotopic (exact) mass is 450 g/mol. The molecule has 32 heavy (non-hydrogen) atoms. The third-order valence-corrected chi connectivity index (χ3v) is 5.24. The Morgan fingerprint density at radius 1 is 1.06 bits per heavy atom. The Morgan fingerprint density at radius 3 is 2.47 bits per heavy atom. The van der Waals surface area contributed by atoms with Crippen LogP contribution in [0.1, 0.15) is 34.1 Å². The number of carbonyl (C=O) groups is 3. The summed E-state index contributed by atoms with van der Waals surface area (Å²) in [5.74, 6) is -0.562. The summed E-state index contributed by atoms with van der Waals surface area (Å²) in [6.45, 7) is 5.61. The summed E-state index contributed by atoms with van der Waals surface area (Å²) < 4.78 is 10.8. The molecule has 1 saturated heterocycles. The molecule has 12 heteroatoms. The molecule has 0 aromatic heterocycles. The fourth-order valence-electron chi connectivity index (χ4n) is 3.62. The van der Waals surface area contributed by atoms with Crippen molar-refractivity contribution in [2.75, 3.05) is 59.1 Å². The van der Waals surface area contributed by atoms with Crippen molar-refractivity contribution in [3.05, 3.63) is 39.4 Å². The predicted octanol–water partition coefficient (Wildman–Crippen LogP) is 1.03. The maximum absolute atomic E-state index is 12.5. The maximum atomic E-state index is 12.5. The second-order valence-electron chi connectivity index (χ2n) is 7.26. The van der Waals surface area contributed by atoms with Crippen LogP contribution in [0.5, 0.6) is 5.75 Å². The highest BCUT2D eigenvalue weighted by Crippen LogP contribution is 2.26. The van der Waals surface area contributed by atoms with Gasteiger partial charge in [-0.05, 0) is 31.5 Å². The van der Waals surface area contributed by atoms with Crippen molar-refractivity contribution in [1.29, 1.82) is 0 Å². The van der Waals surface area contributed by atoms with Gasteiger partial charge in [-0.2, -0.15) is 0 Å². The second kappa shape index (κ2) is 10.8. The largest absolute Gasteiger partial charge is 0.494 e. The lowest BCUT2D eigenvalue weighted by Crippen LogP contribution is -2.49. The van der Waals surface area contributed by atoms with E-state index in [1.165, 1.54) is 12.1 Å². The van der Waals surface area contributed by atoms with Crippen LogP contribution >= 0.6 is 0 Å². The van der Waals surface area contributed by atoms with Crippen molar-refractivity contribution in [3.8, 4) is 5.75 Å². The van der Waals surface area contributed by atoms with E-state index in [0.29, 0.717) is 32.1 Å². The number of nitrogens with zero attached hydrogens (tertiary/aromatic N) is 4. The molecule has 1 fully saturated rings. The van der Waals surface area contributed by atoms with Crippen molar-refractivity contribution in [1.82, 2.24) is 14.7 Å². The number of amides is 3. The van der Waals surface area contributed by atoms with Crippen molar-refractivity contribution in [2.45, 2.75) is 13.3 Å². The minimum absolute atomic E-state index is 0.201. The summed E-state index contributed by atoms with van der Waals surface area (Å²) in [6, 6.07) is 4.66. The van der Waals surface area contributed by atoms with Gasteiger partial charge in [-0.25, -0.2) is 4.79 Å². The first kappa shape index (κ1) is 23.3. The molecule has 0 atom stereocenters. The van der Waals surface area contributed by atoms with E-state index in [1.54, 1.807) is 17.9 Å². The molecule has 12 nitrogen and oxygen atoms in total. The van der Waals surface area contributed by atoms with Crippen molar-refractivity contribution < 1.29 is 33.8 Å². The fraction of sp³-hybridized carbons (Fsp3) is 0.550. The molecular weight excluding hydrogens is 424 g/mol. The van der Waals surface area contributed by atoms with Gasteiger partial charge in [0, 0.05) is 32.7 Å². The predicted molar refractivity (Wildman–Crippen MR) is 110 cm³/mol. The summed E-state index contributed by atoms with van der Waals surface area (Å²) in [5, 5.41) is 9.28. The van der Waals surface area contributed by atoms with Crippen LogP contribution in [0.15, 0.2) is 18.2 Å². The van der Waals surface area contributed by atoms with Crippen LogP contribution < -0.4 is 4.74 Å². The Bertz CT molecular complexity index is 869. The second-order valence-corrected chi connectivity index (χ2v) is 7.26. The van der Waals surface area contributed by atoms with E-state index < -0.39 is 16.9 Å². The van der Waals surface area contributed by atoms with Gasteiger partial charge in [0.05, 0.1) is 30.9 Å². The molecule has 0 saturated carbocycles. The average molecular weight is 450 g/mol. The number of benzene rings is 1. The van der Waals surface area contributed by atoms with Crippen molar-refractivity contribution in [3.63, 3.8) is 0 Å². The zero-order valence-electron chi connectivity index (χ0n) is 17.9. The molecular formula is C20H26N4O8. The molecule has 0 spiro atoms. The molecule has 3 amide bonds. The highest BCUT2D eigenvalue weighted by atomic mass is 16.9. The number of carbonyl (C=O) groups excluding carboxylic acids is 3. The Morgan fingerprint density at radius 2 is 1.78 bits per heavy atom. The van der Waals surface area contributed by atoms with Crippen LogP contribution in [-0.4, -0.2) is 96.8 Å². The lowest BCUT2D eigenvalue weighted by atomic mass is 10.1. The third-order valence-electron chi connectivity index (χ3n) is 5.24. The minimum atomic E-state index is -0.968. The molecule has 1 aromatic carbocycles. The standard InChI is InChI=1S/C20H26N4O8/c1-2-30-20(27)22-9-7-21(8-10-22)6-3-12-31-15-4-5-16-17(14-15)19(26)23(18(16)25)11-13-32-24(28)29/h4-5,14H,2-3,6-13H2,1H3. The zero-order valence-corrected chi connectivity index (χ0v) is 17.9. The Balaban J connectivity index is 1.42. The van der Waals surface area contributed by atoms with Crippen LogP contribution in [0.2, 0.25) is 0 Å². The van der Waals surface area contributed by atoms with Gasteiger partial charge in [0.1, 0.15) is 12.4 Å². The first-order valence-corrected chi connectivity index (χ1v) is 10.4. The number of imide groups is 1. The first-order chi connectivity index (χ1) is 15.4.